The van der Waals surface area contributed by atoms with Gasteiger partial charge in [-0.3, -0.25) is 0 Å². The molecular formula is C21H30NO3+. The van der Waals surface area contributed by atoms with Crippen LogP contribution in [0.4, 0.5) is 0 Å². The van der Waals surface area contributed by atoms with Crippen molar-refractivity contribution in [3.63, 3.8) is 0 Å². The molecule has 1 unspecified atom stereocenters. The van der Waals surface area contributed by atoms with Crippen molar-refractivity contribution in [3.8, 4) is 17.2 Å². The maximum absolute atomic E-state index is 5.40. The average Bonchev–Trinajstić information content (AvgIpc) is 2.62. The van der Waals surface area contributed by atoms with Crippen molar-refractivity contribution in [3.05, 3.63) is 52.6 Å². The van der Waals surface area contributed by atoms with Crippen molar-refractivity contribution < 1.29 is 19.1 Å². The van der Waals surface area contributed by atoms with Crippen LogP contribution in [-0.4, -0.2) is 34.9 Å². The van der Waals surface area contributed by atoms with Crippen LogP contribution in [0.25, 0.3) is 0 Å². The second-order valence-corrected chi connectivity index (χ2v) is 6.57. The first-order valence-electron chi connectivity index (χ1n) is 8.64. The summed E-state index contributed by atoms with van der Waals surface area (Å²) in [6.45, 7) is 6.31. The largest absolute Gasteiger partial charge is 0.496 e. The second kappa shape index (κ2) is 8.77. The molecule has 0 fully saturated rings. The van der Waals surface area contributed by atoms with E-state index >= 15 is 0 Å². The number of nitrogens with one attached hydrogen (secondary N) is 1. The molecule has 0 heterocycles. The summed E-state index contributed by atoms with van der Waals surface area (Å²) in [4.78, 5) is 1.47. The summed E-state index contributed by atoms with van der Waals surface area (Å²) in [5.74, 6) is 2.53. The van der Waals surface area contributed by atoms with Gasteiger partial charge in [0.2, 0.25) is 0 Å². The van der Waals surface area contributed by atoms with Crippen LogP contribution in [0.3, 0.4) is 0 Å². The highest BCUT2D eigenvalue weighted by atomic mass is 16.5. The standard InChI is InChI=1S/C21H29NO3/c1-15-12-20(24-5)16(2)11-18(15)14-22(3)10-9-17-7-8-19(23-4)21(13-17)25-6/h7-8,11-13H,9-10,14H2,1-6H3/p+1. The van der Waals surface area contributed by atoms with Gasteiger partial charge < -0.3 is 19.1 Å². The zero-order valence-corrected chi connectivity index (χ0v) is 16.2. The zero-order chi connectivity index (χ0) is 18.4. The predicted octanol–water partition coefficient (Wildman–Crippen LogP) is 2.59. The lowest BCUT2D eigenvalue weighted by atomic mass is 10.0. The molecular weight excluding hydrogens is 314 g/mol. The molecule has 25 heavy (non-hydrogen) atoms. The first kappa shape index (κ1) is 19.1. The Bertz CT molecular complexity index is 713. The third kappa shape index (κ3) is 4.89. The van der Waals surface area contributed by atoms with Crippen molar-refractivity contribution in [1.29, 1.82) is 0 Å². The molecule has 2 aromatic rings. The molecule has 4 heteroatoms. The molecule has 2 rings (SSSR count). The molecule has 0 radical (unpaired) electrons. The summed E-state index contributed by atoms with van der Waals surface area (Å²) in [6, 6.07) is 10.5. The zero-order valence-electron chi connectivity index (χ0n) is 16.2. The highest BCUT2D eigenvalue weighted by Gasteiger charge is 2.11. The van der Waals surface area contributed by atoms with Gasteiger partial charge in [0.1, 0.15) is 12.3 Å². The topological polar surface area (TPSA) is 32.1 Å². The van der Waals surface area contributed by atoms with Crippen molar-refractivity contribution in [2.24, 2.45) is 0 Å². The summed E-state index contributed by atoms with van der Waals surface area (Å²) in [6.07, 6.45) is 1.00. The minimum absolute atomic E-state index is 0.774. The van der Waals surface area contributed by atoms with E-state index in [9.17, 15) is 0 Å². The van der Waals surface area contributed by atoms with Gasteiger partial charge in [0.15, 0.2) is 11.5 Å². The van der Waals surface area contributed by atoms with Gasteiger partial charge in [-0.25, -0.2) is 0 Å². The smallest absolute Gasteiger partial charge is 0.160 e. The fraction of sp³-hybridized carbons (Fsp3) is 0.429. The molecule has 0 aliphatic carbocycles. The van der Waals surface area contributed by atoms with Crippen molar-refractivity contribution in [2.75, 3.05) is 34.9 Å². The van der Waals surface area contributed by atoms with E-state index in [2.05, 4.69) is 45.2 Å². The Morgan fingerprint density at radius 2 is 1.48 bits per heavy atom. The van der Waals surface area contributed by atoms with E-state index in [4.69, 9.17) is 14.2 Å². The fourth-order valence-corrected chi connectivity index (χ4v) is 3.07. The van der Waals surface area contributed by atoms with E-state index in [1.807, 2.05) is 6.07 Å². The number of likely N-dealkylation sites (N-methyl/N-ethyl adjacent to an activating group) is 1. The third-order valence-corrected chi connectivity index (χ3v) is 4.63. The van der Waals surface area contributed by atoms with Gasteiger partial charge in [0.25, 0.3) is 0 Å². The van der Waals surface area contributed by atoms with E-state index in [0.717, 1.165) is 36.8 Å². The Morgan fingerprint density at radius 1 is 0.800 bits per heavy atom. The average molecular weight is 344 g/mol. The van der Waals surface area contributed by atoms with Crippen molar-refractivity contribution >= 4 is 0 Å². The van der Waals surface area contributed by atoms with E-state index < -0.39 is 0 Å². The van der Waals surface area contributed by atoms with Gasteiger partial charge in [0.05, 0.1) is 34.9 Å². The molecule has 0 saturated carbocycles. The number of quaternary nitrogens is 1. The van der Waals surface area contributed by atoms with E-state index in [0.29, 0.717) is 0 Å². The van der Waals surface area contributed by atoms with Gasteiger partial charge in [-0.15, -0.1) is 0 Å². The number of aryl methyl sites for hydroxylation is 2. The Kier molecular flexibility index (Phi) is 6.71. The minimum Gasteiger partial charge on any atom is -0.496 e. The monoisotopic (exact) mass is 344 g/mol. The quantitative estimate of drug-likeness (QED) is 0.799. The van der Waals surface area contributed by atoms with Crippen LogP contribution in [0, 0.1) is 13.8 Å². The SMILES string of the molecule is COc1cc(C)c(C[NH+](C)CCc2ccc(OC)c(OC)c2)cc1C. The fourth-order valence-electron chi connectivity index (χ4n) is 3.07. The predicted molar refractivity (Wildman–Crippen MR) is 101 cm³/mol. The Balaban J connectivity index is 1.99. The van der Waals surface area contributed by atoms with Gasteiger partial charge >= 0.3 is 0 Å². The summed E-state index contributed by atoms with van der Waals surface area (Å²) >= 11 is 0. The van der Waals surface area contributed by atoms with Crippen LogP contribution in [0.2, 0.25) is 0 Å². The van der Waals surface area contributed by atoms with Crippen LogP contribution in [0.5, 0.6) is 17.2 Å². The molecule has 0 aliphatic heterocycles. The molecule has 0 saturated heterocycles. The molecule has 0 amide bonds. The van der Waals surface area contributed by atoms with Gasteiger partial charge in [-0.2, -0.15) is 0 Å². The minimum atomic E-state index is 0.774. The highest BCUT2D eigenvalue weighted by molar-refractivity contribution is 5.43. The lowest BCUT2D eigenvalue weighted by molar-refractivity contribution is -0.893. The van der Waals surface area contributed by atoms with E-state index in [1.54, 1.807) is 21.3 Å². The number of hydrogen-bond donors (Lipinski definition) is 1. The van der Waals surface area contributed by atoms with E-state index in [-0.39, 0.29) is 0 Å². The highest BCUT2D eigenvalue weighted by Crippen LogP contribution is 2.27. The lowest BCUT2D eigenvalue weighted by Gasteiger charge is -2.17. The molecule has 136 valence electrons. The maximum Gasteiger partial charge on any atom is 0.160 e. The van der Waals surface area contributed by atoms with Crippen LogP contribution >= 0.6 is 0 Å². The summed E-state index contributed by atoms with van der Waals surface area (Å²) in [5, 5.41) is 0. The van der Waals surface area contributed by atoms with Crippen molar-refractivity contribution in [2.45, 2.75) is 26.8 Å². The number of ether oxygens (including phenoxy) is 3. The van der Waals surface area contributed by atoms with E-state index in [1.165, 1.54) is 27.2 Å². The van der Waals surface area contributed by atoms with Gasteiger partial charge in [-0.05, 0) is 54.8 Å². The third-order valence-electron chi connectivity index (χ3n) is 4.63. The van der Waals surface area contributed by atoms with Crippen LogP contribution < -0.4 is 19.1 Å². The molecule has 1 N–H and O–H groups in total. The van der Waals surface area contributed by atoms with Gasteiger partial charge in [0, 0.05) is 12.0 Å². The van der Waals surface area contributed by atoms with Crippen LogP contribution in [0.1, 0.15) is 22.3 Å². The number of methoxy groups -OCH3 is 3. The molecule has 0 aromatic heterocycles. The Labute approximate surface area is 151 Å². The molecule has 0 spiro atoms. The molecule has 1 atom stereocenters. The number of benzene rings is 2. The van der Waals surface area contributed by atoms with Crippen LogP contribution in [0.15, 0.2) is 30.3 Å². The first-order valence-corrected chi connectivity index (χ1v) is 8.64. The molecule has 4 nitrogen and oxygen atoms in total. The summed E-state index contributed by atoms with van der Waals surface area (Å²) in [5.41, 5.74) is 5.12. The molecule has 0 aliphatic rings. The maximum atomic E-state index is 5.40. The second-order valence-electron chi connectivity index (χ2n) is 6.57. The number of hydrogen-bond acceptors (Lipinski definition) is 3. The van der Waals surface area contributed by atoms with Gasteiger partial charge in [-0.1, -0.05) is 6.07 Å². The molecule has 2 aromatic carbocycles. The first-order chi connectivity index (χ1) is 12.0. The Morgan fingerprint density at radius 3 is 2.12 bits per heavy atom. The van der Waals surface area contributed by atoms with Crippen molar-refractivity contribution in [1.82, 2.24) is 0 Å². The summed E-state index contributed by atoms with van der Waals surface area (Å²) < 4.78 is 16.1. The van der Waals surface area contributed by atoms with Crippen LogP contribution in [-0.2, 0) is 13.0 Å². The number of rotatable bonds is 8. The molecule has 0 bridgehead atoms. The Hall–Kier alpha value is -2.20. The lowest BCUT2D eigenvalue weighted by Crippen LogP contribution is -3.07. The normalized spacial score (nSPS) is 11.9. The summed E-state index contributed by atoms with van der Waals surface area (Å²) in [7, 11) is 7.30.